The van der Waals surface area contributed by atoms with E-state index in [1.165, 1.54) is 0 Å². The van der Waals surface area contributed by atoms with Crippen molar-refractivity contribution in [2.45, 2.75) is 20.4 Å². The van der Waals surface area contributed by atoms with Crippen LogP contribution in [0.3, 0.4) is 0 Å². The molecular weight excluding hydrogens is 314 g/mol. The Hall–Kier alpha value is -2.31. The highest BCUT2D eigenvalue weighted by Crippen LogP contribution is 2.12. The van der Waals surface area contributed by atoms with Crippen LogP contribution < -0.4 is 5.32 Å². The number of piperazine rings is 1. The summed E-state index contributed by atoms with van der Waals surface area (Å²) in [6.07, 6.45) is 0. The number of aromatic nitrogens is 2. The van der Waals surface area contributed by atoms with Gasteiger partial charge in [0.05, 0.1) is 6.54 Å². The van der Waals surface area contributed by atoms with E-state index in [0.717, 1.165) is 43.1 Å². The van der Waals surface area contributed by atoms with Crippen LogP contribution in [-0.2, 0) is 6.54 Å². The van der Waals surface area contributed by atoms with Crippen molar-refractivity contribution in [1.82, 2.24) is 19.8 Å². The molecule has 0 bridgehead atoms. The lowest BCUT2D eigenvalue weighted by Gasteiger charge is -2.31. The van der Waals surface area contributed by atoms with Crippen molar-refractivity contribution in [2.24, 2.45) is 0 Å². The van der Waals surface area contributed by atoms with Crippen molar-refractivity contribution in [3.05, 3.63) is 53.1 Å². The predicted octanol–water partition coefficient (Wildman–Crippen LogP) is 2.09. The van der Waals surface area contributed by atoms with Gasteiger partial charge >= 0.3 is 0 Å². The Morgan fingerprint density at radius 3 is 2.44 bits per heavy atom. The van der Waals surface area contributed by atoms with Crippen LogP contribution in [-0.4, -0.2) is 58.9 Å². The fraction of sp³-hybridized carbons (Fsp3) is 0.421. The number of likely N-dealkylation sites (N-methyl/N-ethyl adjacent to an activating group) is 1. The van der Waals surface area contributed by atoms with Gasteiger partial charge in [-0.15, -0.1) is 0 Å². The van der Waals surface area contributed by atoms with Crippen LogP contribution >= 0.6 is 0 Å². The lowest BCUT2D eigenvalue weighted by atomic mass is 10.2. The number of amides is 1. The van der Waals surface area contributed by atoms with Crippen molar-refractivity contribution in [1.29, 1.82) is 0 Å². The summed E-state index contributed by atoms with van der Waals surface area (Å²) in [5, 5.41) is 2.90. The lowest BCUT2D eigenvalue weighted by Crippen LogP contribution is -2.44. The predicted molar refractivity (Wildman–Crippen MR) is 98.7 cm³/mol. The third-order valence-electron chi connectivity index (χ3n) is 4.40. The number of carbonyl (C=O) groups is 1. The fourth-order valence-electron chi connectivity index (χ4n) is 2.86. The van der Waals surface area contributed by atoms with E-state index >= 15 is 0 Å². The first-order valence-corrected chi connectivity index (χ1v) is 8.63. The van der Waals surface area contributed by atoms with Gasteiger partial charge in [0, 0.05) is 37.6 Å². The number of benzene rings is 1. The summed E-state index contributed by atoms with van der Waals surface area (Å²) < 4.78 is 0. The number of anilines is 1. The zero-order valence-corrected chi connectivity index (χ0v) is 15.1. The first kappa shape index (κ1) is 17.5. The number of aryl methyl sites for hydroxylation is 2. The van der Waals surface area contributed by atoms with Crippen molar-refractivity contribution < 1.29 is 4.79 Å². The van der Waals surface area contributed by atoms with Gasteiger partial charge in [-0.3, -0.25) is 9.69 Å². The van der Waals surface area contributed by atoms with E-state index in [9.17, 15) is 4.79 Å². The minimum Gasteiger partial charge on any atom is -0.321 e. The Balaban J connectivity index is 1.70. The van der Waals surface area contributed by atoms with Crippen molar-refractivity contribution in [2.75, 3.05) is 38.5 Å². The van der Waals surface area contributed by atoms with E-state index in [-0.39, 0.29) is 5.91 Å². The number of nitrogens with one attached hydrogen (secondary N) is 1. The van der Waals surface area contributed by atoms with Gasteiger partial charge in [0.15, 0.2) is 0 Å². The molecule has 3 rings (SSSR count). The number of carbonyl (C=O) groups excluding carboxylic acids is 1. The second-order valence-corrected chi connectivity index (χ2v) is 6.71. The molecule has 1 saturated heterocycles. The first-order chi connectivity index (χ1) is 12.0. The molecule has 1 aliphatic rings. The normalized spacial score (nSPS) is 16.0. The average molecular weight is 339 g/mol. The van der Waals surface area contributed by atoms with Crippen molar-refractivity contribution in [3.8, 4) is 0 Å². The lowest BCUT2D eigenvalue weighted by molar-refractivity contribution is 0.102. The smallest absolute Gasteiger partial charge is 0.274 e. The molecule has 0 spiro atoms. The molecule has 2 heterocycles. The second-order valence-electron chi connectivity index (χ2n) is 6.71. The molecule has 25 heavy (non-hydrogen) atoms. The van der Waals surface area contributed by atoms with Crippen LogP contribution in [0.25, 0.3) is 0 Å². The summed E-state index contributed by atoms with van der Waals surface area (Å²) in [7, 11) is 2.13. The first-order valence-electron chi connectivity index (χ1n) is 8.63. The van der Waals surface area contributed by atoms with Crippen LogP contribution in [0.5, 0.6) is 0 Å². The zero-order chi connectivity index (χ0) is 17.8. The SMILES string of the molecule is Cc1ccc(NC(=O)c2cc(C)nc(CN3CCN(C)CC3)n2)cc1. The molecule has 6 heteroatoms. The average Bonchev–Trinajstić information content (AvgIpc) is 2.58. The van der Waals surface area contributed by atoms with Gasteiger partial charge in [0.2, 0.25) is 0 Å². The maximum Gasteiger partial charge on any atom is 0.274 e. The van der Waals surface area contributed by atoms with Gasteiger partial charge < -0.3 is 10.2 Å². The van der Waals surface area contributed by atoms with Gasteiger partial charge in [-0.05, 0) is 39.1 Å². The van der Waals surface area contributed by atoms with Gasteiger partial charge in [-0.1, -0.05) is 17.7 Å². The zero-order valence-electron chi connectivity index (χ0n) is 15.1. The summed E-state index contributed by atoms with van der Waals surface area (Å²) in [6, 6.07) is 9.47. The summed E-state index contributed by atoms with van der Waals surface area (Å²) in [4.78, 5) is 26.1. The Labute approximate surface area is 148 Å². The number of hydrogen-bond donors (Lipinski definition) is 1. The molecule has 1 fully saturated rings. The van der Waals surface area contributed by atoms with Gasteiger partial charge in [-0.2, -0.15) is 0 Å². The minimum atomic E-state index is -0.200. The highest BCUT2D eigenvalue weighted by atomic mass is 16.1. The topological polar surface area (TPSA) is 61.4 Å². The summed E-state index contributed by atoms with van der Waals surface area (Å²) in [5.41, 5.74) is 3.16. The molecule has 0 aliphatic carbocycles. The van der Waals surface area contributed by atoms with E-state index < -0.39 is 0 Å². The molecule has 0 atom stereocenters. The maximum absolute atomic E-state index is 12.5. The summed E-state index contributed by atoms with van der Waals surface area (Å²) in [6.45, 7) is 8.69. The Morgan fingerprint density at radius 2 is 1.76 bits per heavy atom. The summed E-state index contributed by atoms with van der Waals surface area (Å²) >= 11 is 0. The number of hydrogen-bond acceptors (Lipinski definition) is 5. The Kier molecular flexibility index (Phi) is 5.40. The maximum atomic E-state index is 12.5. The molecule has 1 amide bonds. The number of nitrogens with zero attached hydrogens (tertiary/aromatic N) is 4. The quantitative estimate of drug-likeness (QED) is 0.924. The Morgan fingerprint density at radius 1 is 1.08 bits per heavy atom. The molecule has 1 aromatic heterocycles. The monoisotopic (exact) mass is 339 g/mol. The summed E-state index contributed by atoms with van der Waals surface area (Å²) in [5.74, 6) is 0.507. The molecule has 2 aromatic rings. The fourth-order valence-corrected chi connectivity index (χ4v) is 2.86. The van der Waals surface area contributed by atoms with Crippen LogP contribution in [0.15, 0.2) is 30.3 Å². The minimum absolute atomic E-state index is 0.200. The molecule has 1 N–H and O–H groups in total. The molecule has 1 aliphatic heterocycles. The molecule has 0 radical (unpaired) electrons. The van der Waals surface area contributed by atoms with Gasteiger partial charge in [0.25, 0.3) is 5.91 Å². The van der Waals surface area contributed by atoms with E-state index in [1.807, 2.05) is 38.1 Å². The van der Waals surface area contributed by atoms with Crippen molar-refractivity contribution in [3.63, 3.8) is 0 Å². The highest BCUT2D eigenvalue weighted by molar-refractivity contribution is 6.02. The van der Waals surface area contributed by atoms with Crippen molar-refractivity contribution >= 4 is 11.6 Å². The van der Waals surface area contributed by atoms with E-state index in [2.05, 4.69) is 32.1 Å². The van der Waals surface area contributed by atoms with Gasteiger partial charge in [-0.25, -0.2) is 9.97 Å². The Bertz CT molecular complexity index is 736. The third kappa shape index (κ3) is 4.84. The van der Waals surface area contributed by atoms with Gasteiger partial charge in [0.1, 0.15) is 11.5 Å². The van der Waals surface area contributed by atoms with Crippen LogP contribution in [0, 0.1) is 13.8 Å². The van der Waals surface area contributed by atoms with Crippen LogP contribution in [0.4, 0.5) is 5.69 Å². The highest BCUT2D eigenvalue weighted by Gasteiger charge is 2.17. The van der Waals surface area contributed by atoms with E-state index in [1.54, 1.807) is 6.07 Å². The molecule has 0 unspecified atom stereocenters. The second kappa shape index (κ2) is 7.72. The van der Waals surface area contributed by atoms with Crippen LogP contribution in [0.1, 0.15) is 27.6 Å². The molecule has 0 saturated carbocycles. The molecule has 1 aromatic carbocycles. The molecule has 6 nitrogen and oxygen atoms in total. The van der Waals surface area contributed by atoms with E-state index in [0.29, 0.717) is 18.1 Å². The van der Waals surface area contributed by atoms with E-state index in [4.69, 9.17) is 0 Å². The molecular formula is C19H25N5O. The standard InChI is InChI=1S/C19H25N5O/c1-14-4-6-16(7-5-14)21-19(25)17-12-15(2)20-18(22-17)13-24-10-8-23(3)9-11-24/h4-7,12H,8-11,13H2,1-3H3,(H,21,25). The molecule has 132 valence electrons. The third-order valence-corrected chi connectivity index (χ3v) is 4.40. The largest absolute Gasteiger partial charge is 0.321 e. The van der Waals surface area contributed by atoms with Crippen LogP contribution in [0.2, 0.25) is 0 Å². The number of rotatable bonds is 4.